The SMILES string of the molecule is CO.COC(=O)c1cn(C)c2cc(N3CC4CC(C3)C4OCc3c(-c4c(Cl)cccc4Cl)noc3C3CC3)ccc12.Cn1cc(C(=O)O)c2ccc(N3CC4CC(C3)C4OCc3c(-c4c(Cl)cccc4Cl)noc3C3CC3)cc21.I[I-]I(I)I(I)I(I)I(I)I(I)I(I)I(I)I(I)I(I)I(I)I(I)I(I)I(I)I(I)I(I)I(I)I(I)I(I)I(I)I(I)I(I)I(I)I(I)I(I)I(I)I(I)I(I)I(I)I(I)I.[Na+].[OH-]. The van der Waals surface area contributed by atoms with Crippen molar-refractivity contribution in [1.82, 2.24) is 19.4 Å². The number of ether oxygens (including phenoxy) is 3. The number of hydrogen-bond donors (Lipinski definition) is 2. The molecule has 4 aromatic heterocycles. The van der Waals surface area contributed by atoms with Crippen LogP contribution in [0.4, 0.5) is 11.4 Å². The summed E-state index contributed by atoms with van der Waals surface area (Å²) in [4.78, 5) is 28.6. The molecule has 4 atom stereocenters. The summed E-state index contributed by atoms with van der Waals surface area (Å²) in [5.74, 6) is 3.16. The maximum Gasteiger partial charge on any atom is 1.00 e. The second kappa shape index (κ2) is 84.4. The van der Waals surface area contributed by atoms with Crippen molar-refractivity contribution in [2.45, 2.75) is 75.8 Å². The number of piperidine rings is 4. The Balaban J connectivity index is 0.000000241. The van der Waals surface area contributed by atoms with Crippen molar-refractivity contribution in [2.24, 2.45) is 37.8 Å². The number of carbonyl (C=O) groups excluding carboxylic acids is 1. The van der Waals surface area contributed by atoms with Gasteiger partial charge in [-0.2, -0.15) is 0 Å². The molecule has 142 heavy (non-hydrogen) atoms. The summed E-state index contributed by atoms with van der Waals surface area (Å²) in [6, 6.07) is 23.3. The minimum Gasteiger partial charge on any atom is -0.870 e. The van der Waals surface area contributed by atoms with Gasteiger partial charge in [0, 0.05) is 140 Å². The molecule has 4 aliphatic carbocycles. The third-order valence-electron chi connectivity index (χ3n) is 19.3. The maximum atomic E-state index is 12.2. The number of nitrogens with zero attached hydrogens (tertiary/aromatic N) is 6. The third kappa shape index (κ3) is 47.3. The van der Waals surface area contributed by atoms with Crippen molar-refractivity contribution in [2.75, 3.05) is 50.2 Å². The van der Waals surface area contributed by atoms with Crippen molar-refractivity contribution in [1.29, 1.82) is 0 Å². The zero-order valence-corrected chi connectivity index (χ0v) is 205. The van der Waals surface area contributed by atoms with Gasteiger partial charge in [-0.05, 0) is 99.2 Å². The van der Waals surface area contributed by atoms with E-state index in [1.165, 1.54) is 19.2 Å². The van der Waals surface area contributed by atoms with E-state index in [2.05, 4.69) is 615 Å². The number of anilines is 2. The van der Waals surface area contributed by atoms with E-state index in [1.54, 1.807) is 6.20 Å². The Morgan fingerprint density at radius 3 is 0.930 bits per heavy atom. The molecule has 3 N–H and O–H groups in total. The van der Waals surface area contributed by atoms with Crippen LogP contribution >= 0.6 is 852 Å². The molecular weight excluding hydrogens is 8870 g/mol. The first-order valence-corrected chi connectivity index (χ1v) is 414. The Bertz CT molecular complexity index is 5400. The first kappa shape index (κ1) is 165. The van der Waals surface area contributed by atoms with Crippen molar-refractivity contribution in [3.05, 3.63) is 139 Å². The Morgan fingerprint density at radius 2 is 0.676 bits per heavy atom. The van der Waals surface area contributed by atoms with Gasteiger partial charge in [0.25, 0.3) is 0 Å². The van der Waals surface area contributed by atoms with Crippen LogP contribution in [0.1, 0.15) is 93.7 Å². The number of carboxylic acids is 1. The maximum absolute atomic E-state index is 12.2. The number of carboxylic acid groups (broad SMARTS) is 1. The van der Waals surface area contributed by atoms with E-state index in [1.807, 2.05) is 84.0 Å². The van der Waals surface area contributed by atoms with Crippen LogP contribution in [0.3, 0.4) is 0 Å². The average molecular weight is 8930 g/mol. The first-order valence-electron chi connectivity index (χ1n) is 35.4. The summed E-state index contributed by atoms with van der Waals surface area (Å²) in [5, 5.41) is 29.2. The summed E-state index contributed by atoms with van der Waals surface area (Å²) >= 11 is 129. The molecule has 82 heteroatoms. The number of aliphatic hydroxyl groups excluding tert-OH is 1. The molecule has 4 saturated carbocycles. The van der Waals surface area contributed by atoms with Gasteiger partial charge in [0.2, 0.25) is 0 Å². The van der Waals surface area contributed by atoms with Crippen LogP contribution in [0.2, 0.25) is 20.1 Å². The molecule has 8 aliphatic rings. The second-order valence-corrected chi connectivity index (χ2v) is 1460. The number of esters is 1. The third-order valence-corrected chi connectivity index (χ3v) is 4730. The number of benzene rings is 4. The predicted molar refractivity (Wildman–Crippen MR) is 1150 cm³/mol. The molecule has 0 spiro atoms. The van der Waals surface area contributed by atoms with E-state index in [-0.39, 0.29) is 53.2 Å². The molecule has 8 aromatic rings. The first-order chi connectivity index (χ1) is 66.1. The number of aryl methyl sites for hydroxylation is 2. The molecule has 4 aromatic carbocycles. The van der Waals surface area contributed by atoms with Crippen molar-refractivity contribution < 1.29 is 91.3 Å². The molecule has 848 valence electrons. The normalized spacial score (nSPS) is 20.3. The molecule has 16 nitrogen and oxygen atoms in total. The van der Waals surface area contributed by atoms with Gasteiger partial charge in [-0.15, -0.1) is 0 Å². The number of carbonyl (C=O) groups is 2. The van der Waals surface area contributed by atoms with E-state index >= 15 is 0 Å². The van der Waals surface area contributed by atoms with Crippen LogP contribution in [0.15, 0.2) is 94.2 Å². The van der Waals surface area contributed by atoms with Crippen molar-refractivity contribution in [3.8, 4) is 22.5 Å². The van der Waals surface area contributed by atoms with Gasteiger partial charge in [-0.1, -0.05) is 68.8 Å². The zero-order valence-electron chi connectivity index (χ0n) is 68.6. The quantitative estimate of drug-likeness (QED) is 0.0208. The van der Waals surface area contributed by atoms with Crippen LogP contribution in [0, 0.1) is 23.7 Å². The Kier molecular flexibility index (Phi) is 97.8. The summed E-state index contributed by atoms with van der Waals surface area (Å²) in [6.45, 7) is 4.55. The van der Waals surface area contributed by atoms with Gasteiger partial charge in [0.1, 0.15) is 22.9 Å². The average Bonchev–Trinajstić information content (AvgIpc) is 1.27. The number of rotatable bonds is 43. The van der Waals surface area contributed by atoms with E-state index in [4.69, 9.17) is 74.8 Å². The van der Waals surface area contributed by atoms with Gasteiger partial charge in [-0.25, -0.2) is 9.59 Å². The molecule has 8 heterocycles. The molecule has 8 fully saturated rings. The largest absolute Gasteiger partial charge is 1.00 e. The van der Waals surface area contributed by atoms with Gasteiger partial charge in [0.15, 0.2) is 0 Å². The van der Waals surface area contributed by atoms with E-state index in [0.717, 1.165) is 116 Å². The van der Waals surface area contributed by atoms with Gasteiger partial charge in [0.05, 0.1) is 74.8 Å². The monoisotopic (exact) mass is 8930 g/mol. The van der Waals surface area contributed by atoms with Crippen LogP contribution in [0.25, 0.3) is 44.3 Å². The van der Waals surface area contributed by atoms with Gasteiger partial charge in [-0.3, -0.25) is 0 Å². The number of aliphatic hydroxyl groups is 1. The smallest absolute Gasteiger partial charge is 0.870 e. The Morgan fingerprint density at radius 1 is 0.415 bits per heavy atom. The molecule has 0 amide bonds. The fourth-order valence-electron chi connectivity index (χ4n) is 13.5. The molecule has 0 radical (unpaired) electrons. The fourth-order valence-corrected chi connectivity index (χ4v) is 11500. The standard InChI is InChI=1S/C30H29Cl2N3O4.C29H27Cl2N3O4.CH4O.I61.Na.H2O/c1-34-14-21(30(36)37-2)20-9-8-19(11-25(20)34)35-12-17-10-18(13-35)28(17)38-15-22-27(33-39-29(22)16-6-7-16)26-23(31)4-3-5-24(26)32;1-33-13-20(29(35)36)19-8-7-18(10-24(19)33)34-11-16-9-17(12-34)27(16)37-14-21-26(32-38-28(21)15-5-6-15)25-22(30)3-2-4-23(25)31;1-2;1-32-34(4)36(6)38(8)40(10)42(12)44(14)46(16)48(18)50(20)52(22)54(24)56(26)58(28)60(30)61(31)59(29)57(27)55(25)53(23)51(21)49(19)47(17)45(15)43(13)41(11)39(9)37(7)35(5)33(2)3;;/h3-5,8-9,11,14,16-18,28H,6-7,10,12-13,15H2,1-2H3;2-4,7-8,10,13,15-17,27H,5-6,9,11-12,14H2,1H3,(H,35,36);2H,1H3;;;1H2/q;;;-1;+1;/p-1. The van der Waals surface area contributed by atoms with Crippen LogP contribution in [-0.2, 0) is 41.5 Å². The van der Waals surface area contributed by atoms with Crippen molar-refractivity contribution in [3.63, 3.8) is 0 Å². The van der Waals surface area contributed by atoms with Gasteiger partial charge < -0.3 is 57.9 Å². The summed E-state index contributed by atoms with van der Waals surface area (Å²) in [7, 11) is -9.77. The van der Waals surface area contributed by atoms with Gasteiger partial charge >= 0.3 is 861 Å². The topological polar surface area (TPSA) is 201 Å². The number of halogens is 65. The molecule has 4 bridgehead atoms. The van der Waals surface area contributed by atoms with Crippen LogP contribution in [-0.4, -0.2) is 99.7 Å². The van der Waals surface area contributed by atoms with Crippen LogP contribution < -0.4 is 52.6 Å². The van der Waals surface area contributed by atoms with E-state index in [0.29, 0.717) is 116 Å². The second-order valence-electron chi connectivity index (χ2n) is 26.6. The minimum atomic E-state index is -0.903. The summed E-state index contributed by atoms with van der Waals surface area (Å²) in [5.41, 5.74) is 9.89. The number of methoxy groups -OCH3 is 1. The summed E-state index contributed by atoms with van der Waals surface area (Å²) in [6.07, 6.45) is 10.6. The number of fused-ring (bicyclic) bond motifs is 6. The number of aromatic carboxylic acids is 1. The number of hydrogen-bond acceptors (Lipinski definition) is 13. The summed E-state index contributed by atoms with van der Waals surface area (Å²) < 4.78 is 33.6. The molecule has 4 unspecified atom stereocenters. The zero-order chi connectivity index (χ0) is 103. The molecule has 4 aliphatic heterocycles. The number of aromatic nitrogens is 4. The molecular formula is C60H61Cl4I61N6NaO10-. The predicted octanol–water partition coefficient (Wildman–Crippen LogP) is 60.2. The fraction of sp³-hybridized carbons (Fsp3) is 0.400. The van der Waals surface area contributed by atoms with Crippen LogP contribution in [0.5, 0.6) is 0 Å². The van der Waals surface area contributed by atoms with E-state index in [9.17, 15) is 14.7 Å². The Hall–Kier alpha value is 39.4. The van der Waals surface area contributed by atoms with Crippen molar-refractivity contribution >= 4 is 898 Å². The van der Waals surface area contributed by atoms with E-state index < -0.39 is 235 Å². The minimum absolute atomic E-state index is 0. The molecule has 16 rings (SSSR count). The molecule has 4 saturated heterocycles. The Labute approximate surface area is 1280 Å².